The first-order valence-electron chi connectivity index (χ1n) is 8.06. The minimum Gasteiger partial charge on any atom is -0.481 e. The molecule has 0 aliphatic rings. The molecule has 0 spiro atoms. The number of hydrogen-bond donors (Lipinski definition) is 6. The summed E-state index contributed by atoms with van der Waals surface area (Å²) in [7, 11) is 0. The van der Waals surface area contributed by atoms with E-state index in [0.29, 0.717) is 0 Å². The maximum Gasteiger partial charge on any atom is 0.326 e. The van der Waals surface area contributed by atoms with Gasteiger partial charge in [-0.15, -0.1) is 0 Å². The molecule has 3 amide bonds. The van der Waals surface area contributed by atoms with Crippen LogP contribution in [0.3, 0.4) is 0 Å². The molecule has 0 aromatic rings. The topological polar surface area (TPSA) is 188 Å². The Morgan fingerprint density at radius 1 is 0.962 bits per heavy atom. The van der Waals surface area contributed by atoms with Gasteiger partial charge in [0.25, 0.3) is 0 Å². The molecule has 0 aliphatic carbocycles. The molecule has 0 bridgehead atoms. The second kappa shape index (κ2) is 11.8. The molecule has 26 heavy (non-hydrogen) atoms. The van der Waals surface area contributed by atoms with E-state index in [4.69, 9.17) is 15.9 Å². The molecule has 11 nitrogen and oxygen atoms in total. The lowest BCUT2D eigenvalue weighted by molar-refractivity contribution is -0.142. The first kappa shape index (κ1) is 23.3. The molecule has 0 aromatic heterocycles. The maximum atomic E-state index is 11.7. The van der Waals surface area contributed by atoms with Crippen molar-refractivity contribution in [3.05, 3.63) is 0 Å². The zero-order chi connectivity index (χ0) is 20.3. The normalized spacial score (nSPS) is 12.8. The Kier molecular flexibility index (Phi) is 10.6. The molecule has 0 aliphatic heterocycles. The van der Waals surface area contributed by atoms with Crippen LogP contribution in [0.2, 0.25) is 0 Å². The van der Waals surface area contributed by atoms with Crippen molar-refractivity contribution in [1.29, 1.82) is 0 Å². The Labute approximate surface area is 150 Å². The molecule has 0 saturated heterocycles. The molecule has 0 rings (SSSR count). The van der Waals surface area contributed by atoms with E-state index in [-0.39, 0.29) is 25.2 Å². The highest BCUT2D eigenvalue weighted by Gasteiger charge is 2.21. The molecular weight excluding hydrogens is 348 g/mol. The zero-order valence-electron chi connectivity index (χ0n) is 14.8. The van der Waals surface area contributed by atoms with Crippen LogP contribution in [0, 0.1) is 5.92 Å². The molecule has 148 valence electrons. The first-order chi connectivity index (χ1) is 12.0. The molecule has 0 heterocycles. The zero-order valence-corrected chi connectivity index (χ0v) is 14.8. The number of carbonyl (C=O) groups is 5. The standard InChI is InChI=1S/C15H26N4O7/c1-8(2)5-10(15(25)26)19-12(21)7-17-11(20)6-18-14(24)9(16)3-4-13(22)23/h8-10H,3-7,16H2,1-2H3,(H,17,20)(H,18,24)(H,19,21)(H,22,23)(H,25,26). The Hall–Kier alpha value is -2.69. The number of hydrogen-bond acceptors (Lipinski definition) is 6. The quantitative estimate of drug-likeness (QED) is 0.227. The van der Waals surface area contributed by atoms with Gasteiger partial charge in [-0.3, -0.25) is 19.2 Å². The predicted octanol–water partition coefficient (Wildman–Crippen LogP) is -1.97. The van der Waals surface area contributed by atoms with E-state index in [0.717, 1.165) is 0 Å². The molecule has 0 aromatic carbocycles. The minimum atomic E-state index is -1.17. The summed E-state index contributed by atoms with van der Waals surface area (Å²) in [4.78, 5) is 56.3. The van der Waals surface area contributed by atoms with E-state index in [1.165, 1.54) is 0 Å². The van der Waals surface area contributed by atoms with Gasteiger partial charge in [0.2, 0.25) is 17.7 Å². The Bertz CT molecular complexity index is 536. The molecule has 2 unspecified atom stereocenters. The Morgan fingerprint density at radius 2 is 1.54 bits per heavy atom. The van der Waals surface area contributed by atoms with Crippen molar-refractivity contribution in [2.45, 2.75) is 45.2 Å². The number of carboxylic acid groups (broad SMARTS) is 2. The van der Waals surface area contributed by atoms with Gasteiger partial charge in [-0.2, -0.15) is 0 Å². The fourth-order valence-electron chi connectivity index (χ4n) is 1.89. The molecule has 7 N–H and O–H groups in total. The highest BCUT2D eigenvalue weighted by molar-refractivity contribution is 5.90. The molecule has 2 atom stereocenters. The van der Waals surface area contributed by atoms with Gasteiger partial charge in [0.15, 0.2) is 0 Å². The molecule has 0 radical (unpaired) electrons. The van der Waals surface area contributed by atoms with Gasteiger partial charge in [0.1, 0.15) is 6.04 Å². The highest BCUT2D eigenvalue weighted by atomic mass is 16.4. The number of aliphatic carboxylic acids is 2. The Morgan fingerprint density at radius 3 is 2.04 bits per heavy atom. The van der Waals surface area contributed by atoms with Crippen LogP contribution in [0.25, 0.3) is 0 Å². The predicted molar refractivity (Wildman–Crippen MR) is 89.9 cm³/mol. The van der Waals surface area contributed by atoms with Gasteiger partial charge in [0, 0.05) is 6.42 Å². The SMILES string of the molecule is CC(C)CC(NC(=O)CNC(=O)CNC(=O)C(N)CCC(=O)O)C(=O)O. The van der Waals surface area contributed by atoms with Crippen molar-refractivity contribution >= 4 is 29.7 Å². The van der Waals surface area contributed by atoms with Gasteiger partial charge < -0.3 is 31.9 Å². The van der Waals surface area contributed by atoms with Crippen molar-refractivity contribution in [3.63, 3.8) is 0 Å². The second-order valence-corrected chi connectivity index (χ2v) is 6.12. The average Bonchev–Trinajstić information content (AvgIpc) is 2.54. The number of carboxylic acids is 2. The number of nitrogens with one attached hydrogen (secondary N) is 3. The van der Waals surface area contributed by atoms with Crippen LogP contribution in [0.1, 0.15) is 33.1 Å². The van der Waals surface area contributed by atoms with Crippen LogP contribution in [0.15, 0.2) is 0 Å². The Balaban J connectivity index is 4.17. The first-order valence-corrected chi connectivity index (χ1v) is 8.06. The lowest BCUT2D eigenvalue weighted by atomic mass is 10.0. The van der Waals surface area contributed by atoms with Crippen molar-refractivity contribution in [1.82, 2.24) is 16.0 Å². The molecular formula is C15H26N4O7. The number of amides is 3. The smallest absolute Gasteiger partial charge is 0.326 e. The third kappa shape index (κ3) is 11.0. The van der Waals surface area contributed by atoms with Gasteiger partial charge in [-0.25, -0.2) is 4.79 Å². The minimum absolute atomic E-state index is 0.0616. The van der Waals surface area contributed by atoms with Crippen LogP contribution in [-0.2, 0) is 24.0 Å². The summed E-state index contributed by atoms with van der Waals surface area (Å²) in [5, 5.41) is 24.3. The average molecular weight is 374 g/mol. The van der Waals surface area contributed by atoms with Crippen molar-refractivity contribution in [2.75, 3.05) is 13.1 Å². The van der Waals surface area contributed by atoms with Crippen LogP contribution in [0.4, 0.5) is 0 Å². The summed E-state index contributed by atoms with van der Waals surface area (Å²) in [5.41, 5.74) is 5.47. The van der Waals surface area contributed by atoms with E-state index >= 15 is 0 Å². The largest absolute Gasteiger partial charge is 0.481 e. The van der Waals surface area contributed by atoms with Gasteiger partial charge in [-0.05, 0) is 18.8 Å². The van der Waals surface area contributed by atoms with Crippen LogP contribution in [0.5, 0.6) is 0 Å². The summed E-state index contributed by atoms with van der Waals surface area (Å²) in [6.07, 6.45) is -0.0982. The third-order valence-electron chi connectivity index (χ3n) is 3.22. The monoisotopic (exact) mass is 374 g/mol. The van der Waals surface area contributed by atoms with Crippen molar-refractivity contribution in [3.8, 4) is 0 Å². The van der Waals surface area contributed by atoms with Crippen molar-refractivity contribution in [2.24, 2.45) is 11.7 Å². The van der Waals surface area contributed by atoms with Gasteiger partial charge in [-0.1, -0.05) is 13.8 Å². The molecule has 0 saturated carbocycles. The van der Waals surface area contributed by atoms with E-state index in [1.807, 2.05) is 13.8 Å². The van der Waals surface area contributed by atoms with Gasteiger partial charge in [0.05, 0.1) is 19.1 Å². The third-order valence-corrected chi connectivity index (χ3v) is 3.22. The summed E-state index contributed by atoms with van der Waals surface area (Å²) in [6, 6.07) is -2.11. The van der Waals surface area contributed by atoms with Crippen LogP contribution in [-0.4, -0.2) is 65.0 Å². The summed E-state index contributed by atoms with van der Waals surface area (Å²) >= 11 is 0. The molecule has 11 heteroatoms. The van der Waals surface area contributed by atoms with Gasteiger partial charge >= 0.3 is 11.9 Å². The fraction of sp³-hybridized carbons (Fsp3) is 0.667. The van der Waals surface area contributed by atoms with E-state index in [1.54, 1.807) is 0 Å². The van der Waals surface area contributed by atoms with E-state index < -0.39 is 54.8 Å². The lowest BCUT2D eigenvalue weighted by Gasteiger charge is -2.16. The fourth-order valence-corrected chi connectivity index (χ4v) is 1.89. The number of rotatable bonds is 12. The van der Waals surface area contributed by atoms with E-state index in [9.17, 15) is 24.0 Å². The maximum absolute atomic E-state index is 11.7. The number of carbonyl (C=O) groups excluding carboxylic acids is 3. The van der Waals surface area contributed by atoms with Crippen LogP contribution < -0.4 is 21.7 Å². The highest BCUT2D eigenvalue weighted by Crippen LogP contribution is 2.04. The van der Waals surface area contributed by atoms with Crippen LogP contribution >= 0.6 is 0 Å². The second-order valence-electron chi connectivity index (χ2n) is 6.12. The van der Waals surface area contributed by atoms with E-state index in [2.05, 4.69) is 16.0 Å². The molecule has 0 fully saturated rings. The summed E-state index contributed by atoms with van der Waals surface area (Å²) in [5.74, 6) is -4.22. The van der Waals surface area contributed by atoms with Crippen molar-refractivity contribution < 1.29 is 34.2 Å². The number of nitrogens with two attached hydrogens (primary N) is 1. The summed E-state index contributed by atoms with van der Waals surface area (Å²) < 4.78 is 0. The lowest BCUT2D eigenvalue weighted by Crippen LogP contribution is -2.48. The summed E-state index contributed by atoms with van der Waals surface area (Å²) in [6.45, 7) is 2.74.